The summed E-state index contributed by atoms with van der Waals surface area (Å²) >= 11 is 5.89. The van der Waals surface area contributed by atoms with Crippen LogP contribution in [0.25, 0.3) is 0 Å². The lowest BCUT2D eigenvalue weighted by atomic mass is 10.2. The fourth-order valence-corrected chi connectivity index (χ4v) is 6.19. The van der Waals surface area contributed by atoms with Crippen LogP contribution >= 0.6 is 11.6 Å². The van der Waals surface area contributed by atoms with Crippen molar-refractivity contribution in [2.24, 2.45) is 5.92 Å². The minimum absolute atomic E-state index is 0.0500. The second kappa shape index (κ2) is 6.67. The third-order valence-corrected chi connectivity index (χ3v) is 7.97. The van der Waals surface area contributed by atoms with E-state index in [2.05, 4.69) is 5.32 Å². The van der Waals surface area contributed by atoms with E-state index >= 15 is 0 Å². The molecule has 4 rings (SSSR count). The number of nitrogens with one attached hydrogen (secondary N) is 1. The monoisotopic (exact) mass is 420 g/mol. The molecule has 1 heterocycles. The van der Waals surface area contributed by atoms with Gasteiger partial charge in [-0.05, 0) is 68.8 Å². The Hall–Kier alpha value is -2.25. The second-order valence-electron chi connectivity index (χ2n) is 7.45. The number of rotatable bonds is 5. The Bertz CT molecular complexity index is 1010. The van der Waals surface area contributed by atoms with E-state index in [1.54, 1.807) is 48.5 Å². The molecule has 2 aromatic carbocycles. The minimum atomic E-state index is -3.81. The molecule has 1 saturated heterocycles. The highest BCUT2D eigenvalue weighted by atomic mass is 35.5. The molecule has 8 heteroatoms. The van der Waals surface area contributed by atoms with Crippen LogP contribution in [0.1, 0.15) is 20.3 Å². The predicted molar refractivity (Wildman–Crippen MR) is 109 cm³/mol. The van der Waals surface area contributed by atoms with E-state index in [1.165, 1.54) is 4.31 Å². The molecule has 2 aromatic rings. The topological polar surface area (TPSA) is 75.7 Å². The Balaban J connectivity index is 1.53. The lowest BCUT2D eigenvalue weighted by molar-refractivity contribution is -0.116. The zero-order chi connectivity index (χ0) is 20.1. The maximum atomic E-state index is 13.2. The summed E-state index contributed by atoms with van der Waals surface area (Å²) in [5.41, 5.74) is 1.07. The van der Waals surface area contributed by atoms with Gasteiger partial charge in [-0.25, -0.2) is 8.42 Å². The van der Waals surface area contributed by atoms with Gasteiger partial charge in [-0.2, -0.15) is 0 Å². The molecule has 1 aliphatic carbocycles. The van der Waals surface area contributed by atoms with E-state index in [9.17, 15) is 13.2 Å². The normalized spacial score (nSPS) is 24.7. The van der Waals surface area contributed by atoms with Crippen LogP contribution in [-0.4, -0.2) is 31.7 Å². The summed E-state index contributed by atoms with van der Waals surface area (Å²) in [5.74, 6) is 0.000999. The first-order chi connectivity index (χ1) is 13.2. The van der Waals surface area contributed by atoms with Crippen LogP contribution in [0.15, 0.2) is 48.5 Å². The van der Waals surface area contributed by atoms with Crippen LogP contribution < -0.4 is 14.4 Å². The minimum Gasteiger partial charge on any atom is -0.491 e. The highest BCUT2D eigenvalue weighted by Crippen LogP contribution is 2.58. The average molecular weight is 421 g/mol. The number of amides is 1. The van der Waals surface area contributed by atoms with Gasteiger partial charge in [-0.15, -0.1) is 0 Å². The SMILES string of the molecule is CC(C)Oc1ccc(NC(=O)[C@@]23C[C@H]2CN(c2ccc(Cl)cc2)S3(=O)=O)cc1. The predicted octanol–water partition coefficient (Wildman–Crippen LogP) is 3.67. The van der Waals surface area contributed by atoms with Crippen LogP contribution in [0.3, 0.4) is 0 Å². The second-order valence-corrected chi connectivity index (χ2v) is 10.0. The molecule has 148 valence electrons. The Kier molecular flexibility index (Phi) is 4.55. The van der Waals surface area contributed by atoms with Gasteiger partial charge in [-0.3, -0.25) is 9.10 Å². The van der Waals surface area contributed by atoms with Gasteiger partial charge in [0.1, 0.15) is 5.75 Å². The van der Waals surface area contributed by atoms with Crippen molar-refractivity contribution in [2.75, 3.05) is 16.2 Å². The standard InChI is InChI=1S/C20H21ClN2O4S/c1-13(2)27-18-9-5-16(6-10-18)22-19(24)20-11-14(20)12-23(28(20,25)26)17-7-3-15(21)4-8-17/h3-10,13-14H,11-12H2,1-2H3,(H,22,24)/t14-,20+/m0/s1. The lowest BCUT2D eigenvalue weighted by Gasteiger charge is -2.23. The highest BCUT2D eigenvalue weighted by molar-refractivity contribution is 7.95. The summed E-state index contributed by atoms with van der Waals surface area (Å²) in [7, 11) is -3.81. The first-order valence-corrected chi connectivity index (χ1v) is 10.9. The number of carbonyl (C=O) groups excluding carboxylic acids is 1. The molecule has 2 aliphatic rings. The van der Waals surface area contributed by atoms with Crippen molar-refractivity contribution in [3.63, 3.8) is 0 Å². The van der Waals surface area contributed by atoms with Gasteiger partial charge < -0.3 is 10.1 Å². The van der Waals surface area contributed by atoms with Gasteiger partial charge in [0.25, 0.3) is 0 Å². The number of hydrogen-bond donors (Lipinski definition) is 1. The maximum Gasteiger partial charge on any atom is 0.250 e. The van der Waals surface area contributed by atoms with Crippen molar-refractivity contribution in [1.29, 1.82) is 0 Å². The number of ether oxygens (including phenoxy) is 1. The Labute approximate surface area is 169 Å². The molecule has 0 aromatic heterocycles. The molecule has 1 amide bonds. The quantitative estimate of drug-likeness (QED) is 0.800. The number of nitrogens with zero attached hydrogens (tertiary/aromatic N) is 1. The first kappa shape index (κ1) is 19.1. The summed E-state index contributed by atoms with van der Waals surface area (Å²) in [5, 5.41) is 3.29. The van der Waals surface area contributed by atoms with Crippen molar-refractivity contribution in [2.45, 2.75) is 31.1 Å². The molecule has 0 bridgehead atoms. The van der Waals surface area contributed by atoms with Crippen molar-refractivity contribution < 1.29 is 17.9 Å². The van der Waals surface area contributed by atoms with E-state index in [-0.39, 0.29) is 12.0 Å². The smallest absolute Gasteiger partial charge is 0.250 e. The lowest BCUT2D eigenvalue weighted by Crippen LogP contribution is -2.42. The number of anilines is 2. The van der Waals surface area contributed by atoms with Gasteiger partial charge >= 0.3 is 0 Å². The number of halogens is 1. The average Bonchev–Trinajstić information content (AvgIpc) is 3.33. The molecule has 2 fully saturated rings. The summed E-state index contributed by atoms with van der Waals surface area (Å²) < 4.78 is 31.8. The Morgan fingerprint density at radius 3 is 2.43 bits per heavy atom. The van der Waals surface area contributed by atoms with Crippen molar-refractivity contribution in [3.8, 4) is 5.75 Å². The fraction of sp³-hybridized carbons (Fsp3) is 0.350. The maximum absolute atomic E-state index is 13.2. The first-order valence-electron chi connectivity index (χ1n) is 9.10. The molecule has 2 atom stereocenters. The van der Waals surface area contributed by atoms with E-state index < -0.39 is 20.7 Å². The van der Waals surface area contributed by atoms with Gasteiger partial charge in [0.2, 0.25) is 15.9 Å². The van der Waals surface area contributed by atoms with Crippen molar-refractivity contribution >= 4 is 38.9 Å². The van der Waals surface area contributed by atoms with E-state index in [0.29, 0.717) is 35.1 Å². The van der Waals surface area contributed by atoms with Gasteiger partial charge in [-0.1, -0.05) is 11.6 Å². The zero-order valence-electron chi connectivity index (χ0n) is 15.6. The molecule has 0 radical (unpaired) electrons. The Morgan fingerprint density at radius 1 is 1.18 bits per heavy atom. The van der Waals surface area contributed by atoms with E-state index in [4.69, 9.17) is 16.3 Å². The summed E-state index contributed by atoms with van der Waals surface area (Å²) in [6.07, 6.45) is 0.397. The largest absolute Gasteiger partial charge is 0.491 e. The number of carbonyl (C=O) groups is 1. The number of sulfonamides is 1. The van der Waals surface area contributed by atoms with Crippen LogP contribution in [0.5, 0.6) is 5.75 Å². The van der Waals surface area contributed by atoms with Crippen LogP contribution in [-0.2, 0) is 14.8 Å². The third kappa shape index (κ3) is 3.02. The summed E-state index contributed by atoms with van der Waals surface area (Å²) in [6.45, 7) is 4.16. The molecule has 1 aliphatic heterocycles. The van der Waals surface area contributed by atoms with Crippen molar-refractivity contribution in [3.05, 3.63) is 53.6 Å². The van der Waals surface area contributed by atoms with Crippen LogP contribution in [0.4, 0.5) is 11.4 Å². The van der Waals surface area contributed by atoms with E-state index in [1.807, 2.05) is 13.8 Å². The van der Waals surface area contributed by atoms with Gasteiger partial charge in [0.15, 0.2) is 4.75 Å². The van der Waals surface area contributed by atoms with Crippen LogP contribution in [0, 0.1) is 5.92 Å². The molecule has 6 nitrogen and oxygen atoms in total. The fourth-order valence-electron chi connectivity index (χ4n) is 3.70. The zero-order valence-corrected chi connectivity index (χ0v) is 17.1. The van der Waals surface area contributed by atoms with E-state index in [0.717, 1.165) is 0 Å². The Morgan fingerprint density at radius 2 is 1.82 bits per heavy atom. The molecular weight excluding hydrogens is 400 g/mol. The number of fused-ring (bicyclic) bond motifs is 1. The summed E-state index contributed by atoms with van der Waals surface area (Å²) in [6, 6.07) is 13.5. The highest BCUT2D eigenvalue weighted by Gasteiger charge is 2.75. The van der Waals surface area contributed by atoms with Crippen molar-refractivity contribution in [1.82, 2.24) is 0 Å². The molecular formula is C20H21ClN2O4S. The molecule has 0 spiro atoms. The van der Waals surface area contributed by atoms with Crippen LogP contribution in [0.2, 0.25) is 5.02 Å². The molecule has 0 unspecified atom stereocenters. The molecule has 1 N–H and O–H groups in total. The van der Waals surface area contributed by atoms with Gasteiger partial charge in [0, 0.05) is 23.2 Å². The van der Waals surface area contributed by atoms with Gasteiger partial charge in [0.05, 0.1) is 11.8 Å². The number of hydrogen-bond acceptors (Lipinski definition) is 4. The number of benzene rings is 2. The summed E-state index contributed by atoms with van der Waals surface area (Å²) in [4.78, 5) is 12.9. The third-order valence-electron chi connectivity index (χ3n) is 5.17. The molecule has 1 saturated carbocycles. The molecule has 28 heavy (non-hydrogen) atoms.